The summed E-state index contributed by atoms with van der Waals surface area (Å²) in [6.45, 7) is 11.3. The minimum absolute atomic E-state index is 0.353. The molecule has 1 heteroatoms. The van der Waals surface area contributed by atoms with E-state index in [1.54, 1.807) is 0 Å². The Morgan fingerprint density at radius 2 is 1.58 bits per heavy atom. The molecule has 0 fully saturated rings. The van der Waals surface area contributed by atoms with Gasteiger partial charge in [-0.3, -0.25) is 0 Å². The second kappa shape index (κ2) is 5.67. The first-order chi connectivity index (χ1) is 5.49. The van der Waals surface area contributed by atoms with Crippen LogP contribution in [0.5, 0.6) is 0 Å². The standard InChI is InChI=1S/C11H23B/c1-6-9(4)11(8(2)3)7-10(5)12/h8-11H,6-7H2,1-5H3. The van der Waals surface area contributed by atoms with Crippen molar-refractivity contribution in [1.82, 2.24) is 0 Å². The molecule has 0 aromatic rings. The van der Waals surface area contributed by atoms with Crippen LogP contribution in [0.25, 0.3) is 0 Å². The molecule has 0 aromatic carbocycles. The van der Waals surface area contributed by atoms with Crippen LogP contribution in [0.15, 0.2) is 0 Å². The number of rotatable bonds is 5. The van der Waals surface area contributed by atoms with Gasteiger partial charge in [-0.25, -0.2) is 0 Å². The van der Waals surface area contributed by atoms with Crippen LogP contribution in [-0.4, -0.2) is 7.85 Å². The van der Waals surface area contributed by atoms with E-state index in [0.717, 1.165) is 17.8 Å². The van der Waals surface area contributed by atoms with Crippen molar-refractivity contribution in [2.45, 2.75) is 53.3 Å². The first kappa shape index (κ1) is 12.1. The summed E-state index contributed by atoms with van der Waals surface area (Å²) in [6, 6.07) is 0. The average Bonchev–Trinajstić information content (AvgIpc) is 1.98. The summed E-state index contributed by atoms with van der Waals surface area (Å²) < 4.78 is 0. The van der Waals surface area contributed by atoms with Crippen molar-refractivity contribution >= 4 is 7.85 Å². The fraction of sp³-hybridized carbons (Fsp3) is 1.00. The van der Waals surface area contributed by atoms with Crippen molar-refractivity contribution in [3.8, 4) is 0 Å². The molecule has 0 saturated heterocycles. The van der Waals surface area contributed by atoms with E-state index < -0.39 is 0 Å². The maximum absolute atomic E-state index is 5.82. The Bertz CT molecular complexity index is 108. The molecular formula is C11H23B. The zero-order valence-corrected chi connectivity index (χ0v) is 9.30. The monoisotopic (exact) mass is 166 g/mol. The summed E-state index contributed by atoms with van der Waals surface area (Å²) in [5.74, 6) is 2.74. The summed E-state index contributed by atoms with van der Waals surface area (Å²) in [5.41, 5.74) is 0. The van der Waals surface area contributed by atoms with Crippen LogP contribution >= 0.6 is 0 Å². The third-order valence-corrected chi connectivity index (χ3v) is 2.88. The van der Waals surface area contributed by atoms with Crippen LogP contribution in [0.4, 0.5) is 0 Å². The molecule has 0 rings (SSSR count). The van der Waals surface area contributed by atoms with E-state index in [-0.39, 0.29) is 0 Å². The maximum atomic E-state index is 5.82. The molecule has 0 aliphatic rings. The van der Waals surface area contributed by atoms with E-state index in [2.05, 4.69) is 34.6 Å². The third-order valence-electron chi connectivity index (χ3n) is 2.88. The summed E-state index contributed by atoms with van der Waals surface area (Å²) in [7, 11) is 5.82. The minimum Gasteiger partial charge on any atom is -0.0799 e. The van der Waals surface area contributed by atoms with Crippen LogP contribution in [0.3, 0.4) is 0 Å². The molecule has 0 bridgehead atoms. The molecule has 0 nitrogen and oxygen atoms in total. The molecule has 0 amide bonds. The van der Waals surface area contributed by atoms with E-state index in [4.69, 9.17) is 7.85 Å². The molecule has 0 heterocycles. The predicted octanol–water partition coefficient (Wildman–Crippen LogP) is 3.67. The van der Waals surface area contributed by atoms with Crippen molar-refractivity contribution in [2.24, 2.45) is 17.8 Å². The molecule has 3 unspecified atom stereocenters. The van der Waals surface area contributed by atoms with E-state index in [1.807, 2.05) is 0 Å². The van der Waals surface area contributed by atoms with Gasteiger partial charge < -0.3 is 0 Å². The topological polar surface area (TPSA) is 0 Å². The van der Waals surface area contributed by atoms with Crippen LogP contribution in [0.1, 0.15) is 47.5 Å². The van der Waals surface area contributed by atoms with Gasteiger partial charge in [0.1, 0.15) is 0 Å². The molecule has 0 saturated carbocycles. The Labute approximate surface area is 79.5 Å². The highest BCUT2D eigenvalue weighted by Gasteiger charge is 2.19. The Morgan fingerprint density at radius 1 is 1.08 bits per heavy atom. The summed E-state index contributed by atoms with van der Waals surface area (Å²) >= 11 is 0. The predicted molar refractivity (Wildman–Crippen MR) is 57.6 cm³/mol. The van der Waals surface area contributed by atoms with Crippen molar-refractivity contribution in [3.05, 3.63) is 0 Å². The largest absolute Gasteiger partial charge is 0.0799 e. The van der Waals surface area contributed by atoms with Gasteiger partial charge in [0, 0.05) is 0 Å². The fourth-order valence-corrected chi connectivity index (χ4v) is 1.89. The lowest BCUT2D eigenvalue weighted by atomic mass is 9.72. The molecule has 0 aromatic heterocycles. The Hall–Kier alpha value is 0.0649. The normalized spacial score (nSPS) is 19.2. The van der Waals surface area contributed by atoms with Gasteiger partial charge in [-0.05, 0) is 17.8 Å². The Balaban J connectivity index is 4.03. The van der Waals surface area contributed by atoms with Crippen LogP contribution in [-0.2, 0) is 0 Å². The van der Waals surface area contributed by atoms with Gasteiger partial charge in [0.05, 0.1) is 7.85 Å². The lowest BCUT2D eigenvalue weighted by Gasteiger charge is -2.28. The highest BCUT2D eigenvalue weighted by Crippen LogP contribution is 2.30. The molecule has 2 radical (unpaired) electrons. The number of hydrogen-bond acceptors (Lipinski definition) is 0. The SMILES string of the molecule is [B]C(C)CC(C(C)C)C(C)CC. The van der Waals surface area contributed by atoms with Gasteiger partial charge in [0.25, 0.3) is 0 Å². The van der Waals surface area contributed by atoms with Gasteiger partial charge in [0.2, 0.25) is 0 Å². The highest BCUT2D eigenvalue weighted by atomic mass is 14.2. The zero-order valence-electron chi connectivity index (χ0n) is 9.30. The molecular weight excluding hydrogens is 143 g/mol. The smallest absolute Gasteiger partial charge is 0.0695 e. The summed E-state index contributed by atoms with van der Waals surface area (Å²) in [4.78, 5) is 0. The quantitative estimate of drug-likeness (QED) is 0.546. The van der Waals surface area contributed by atoms with Gasteiger partial charge in [-0.15, -0.1) is 0 Å². The maximum Gasteiger partial charge on any atom is 0.0695 e. The molecule has 0 N–H and O–H groups in total. The van der Waals surface area contributed by atoms with Crippen molar-refractivity contribution in [2.75, 3.05) is 0 Å². The molecule has 12 heavy (non-hydrogen) atoms. The van der Waals surface area contributed by atoms with Crippen molar-refractivity contribution in [3.63, 3.8) is 0 Å². The first-order valence-corrected chi connectivity index (χ1v) is 5.24. The molecule has 0 spiro atoms. The summed E-state index contributed by atoms with van der Waals surface area (Å²) in [5, 5.41) is 0. The van der Waals surface area contributed by atoms with E-state index in [0.29, 0.717) is 5.82 Å². The van der Waals surface area contributed by atoms with Gasteiger partial charge >= 0.3 is 0 Å². The average molecular weight is 166 g/mol. The fourth-order valence-electron chi connectivity index (χ4n) is 1.89. The second-order valence-electron chi connectivity index (χ2n) is 4.51. The van der Waals surface area contributed by atoms with Gasteiger partial charge in [-0.1, -0.05) is 53.3 Å². The minimum atomic E-state index is 0.353. The molecule has 70 valence electrons. The third kappa shape index (κ3) is 4.18. The molecule has 3 atom stereocenters. The first-order valence-electron chi connectivity index (χ1n) is 5.24. The van der Waals surface area contributed by atoms with Crippen molar-refractivity contribution < 1.29 is 0 Å². The molecule has 0 aliphatic heterocycles. The van der Waals surface area contributed by atoms with Crippen LogP contribution in [0.2, 0.25) is 5.82 Å². The summed E-state index contributed by atoms with van der Waals surface area (Å²) in [6.07, 6.45) is 2.45. The number of hydrogen-bond donors (Lipinski definition) is 0. The lowest BCUT2D eigenvalue weighted by molar-refractivity contribution is 0.246. The zero-order chi connectivity index (χ0) is 9.72. The van der Waals surface area contributed by atoms with Gasteiger partial charge in [0.15, 0.2) is 0 Å². The van der Waals surface area contributed by atoms with E-state index in [9.17, 15) is 0 Å². The Morgan fingerprint density at radius 3 is 1.83 bits per heavy atom. The van der Waals surface area contributed by atoms with Crippen LogP contribution in [0, 0.1) is 17.8 Å². The van der Waals surface area contributed by atoms with Gasteiger partial charge in [-0.2, -0.15) is 0 Å². The highest BCUT2D eigenvalue weighted by molar-refractivity contribution is 6.11. The molecule has 0 aliphatic carbocycles. The van der Waals surface area contributed by atoms with Crippen molar-refractivity contribution in [1.29, 1.82) is 0 Å². The van der Waals surface area contributed by atoms with E-state index >= 15 is 0 Å². The van der Waals surface area contributed by atoms with E-state index in [1.165, 1.54) is 12.8 Å². The van der Waals surface area contributed by atoms with Crippen LogP contribution < -0.4 is 0 Å². The lowest BCUT2D eigenvalue weighted by Crippen LogP contribution is -2.18. The Kier molecular flexibility index (Phi) is 5.70. The second-order valence-corrected chi connectivity index (χ2v) is 4.51.